The summed E-state index contributed by atoms with van der Waals surface area (Å²) in [6.07, 6.45) is 1.77. The highest BCUT2D eigenvalue weighted by atomic mass is 16.5. The zero-order valence-corrected chi connectivity index (χ0v) is 4.68. The van der Waals surface area contributed by atoms with E-state index in [-0.39, 0.29) is 0 Å². The minimum absolute atomic E-state index is 0.542. The summed E-state index contributed by atoms with van der Waals surface area (Å²) in [5.41, 5.74) is 0. The van der Waals surface area contributed by atoms with Crippen LogP contribution in [0.5, 0.6) is 0 Å². The maximum atomic E-state index is 5.08. The van der Waals surface area contributed by atoms with Crippen LogP contribution in [-0.4, -0.2) is 26.3 Å². The molecule has 0 spiro atoms. The van der Waals surface area contributed by atoms with Crippen LogP contribution in [0.1, 0.15) is 6.42 Å². The third-order valence-electron chi connectivity index (χ3n) is 1.46. The quantitative estimate of drug-likeness (QED) is 0.450. The topological polar surface area (TPSA) is 25.8 Å². The van der Waals surface area contributed by atoms with Crippen LogP contribution in [0.3, 0.4) is 0 Å². The van der Waals surface area contributed by atoms with Gasteiger partial charge >= 0.3 is 0 Å². The molecule has 0 amide bonds. The molecule has 7 heavy (non-hydrogen) atoms. The van der Waals surface area contributed by atoms with Crippen molar-refractivity contribution in [3.05, 3.63) is 0 Å². The van der Waals surface area contributed by atoms with Gasteiger partial charge in [0.25, 0.3) is 0 Å². The summed E-state index contributed by atoms with van der Waals surface area (Å²) >= 11 is 0. The number of nitrogens with two attached hydrogens (primary N) is 1. The average Bonchev–Trinajstić information content (AvgIpc) is 2.14. The average molecular weight is 102 g/mol. The maximum absolute atomic E-state index is 5.08. The van der Waals surface area contributed by atoms with Gasteiger partial charge < -0.3 is 10.1 Å². The molecule has 1 aliphatic heterocycles. The molecule has 1 fully saturated rings. The van der Waals surface area contributed by atoms with Crippen molar-refractivity contribution in [3.63, 3.8) is 0 Å². The predicted molar refractivity (Wildman–Crippen MR) is 27.1 cm³/mol. The number of methoxy groups -OCH3 is 1. The molecule has 1 aliphatic rings. The molecule has 2 heteroatoms. The number of ether oxygens (including phenoxy) is 1. The fourth-order valence-electron chi connectivity index (χ4n) is 0.939. The lowest BCUT2D eigenvalue weighted by atomic mass is 10.3. The predicted octanol–water partition coefficient (Wildman–Crippen LogP) is -1.03. The van der Waals surface area contributed by atoms with E-state index in [9.17, 15) is 0 Å². The molecule has 1 atom stereocenters. The van der Waals surface area contributed by atoms with Gasteiger partial charge in [-0.1, -0.05) is 0 Å². The molecular weight excluding hydrogens is 90.1 g/mol. The van der Waals surface area contributed by atoms with Gasteiger partial charge in [-0.25, -0.2) is 0 Å². The highest BCUT2D eigenvalue weighted by Gasteiger charge is 2.15. The molecule has 0 bridgehead atoms. The lowest BCUT2D eigenvalue weighted by Crippen LogP contribution is -2.81. The Morgan fingerprint density at radius 1 is 1.71 bits per heavy atom. The van der Waals surface area contributed by atoms with Crippen LogP contribution in [-0.2, 0) is 4.74 Å². The molecule has 1 heterocycles. The zero-order valence-electron chi connectivity index (χ0n) is 4.68. The van der Waals surface area contributed by atoms with E-state index in [1.165, 1.54) is 13.0 Å². The van der Waals surface area contributed by atoms with Gasteiger partial charge in [0.2, 0.25) is 0 Å². The summed E-state index contributed by atoms with van der Waals surface area (Å²) < 4.78 is 5.08. The van der Waals surface area contributed by atoms with Gasteiger partial charge in [0.05, 0.1) is 6.54 Å². The highest BCUT2D eigenvalue weighted by Crippen LogP contribution is 1.93. The Morgan fingerprint density at radius 3 is 2.86 bits per heavy atom. The monoisotopic (exact) mass is 102 g/mol. The number of rotatable bonds is 1. The molecule has 1 rings (SSSR count). The molecule has 2 N–H and O–H groups in total. The first-order valence-corrected chi connectivity index (χ1v) is 2.78. The number of hydrogen-bond acceptors (Lipinski definition) is 1. The Kier molecular flexibility index (Phi) is 1.65. The Morgan fingerprint density at radius 2 is 2.57 bits per heavy atom. The summed E-state index contributed by atoms with van der Waals surface area (Å²) in [6, 6.07) is 0. The lowest BCUT2D eigenvalue weighted by molar-refractivity contribution is -0.638. The van der Waals surface area contributed by atoms with Crippen molar-refractivity contribution in [3.8, 4) is 0 Å². The van der Waals surface area contributed by atoms with Crippen LogP contribution in [0.15, 0.2) is 0 Å². The zero-order chi connectivity index (χ0) is 5.11. The molecule has 0 aromatic heterocycles. The van der Waals surface area contributed by atoms with Crippen LogP contribution in [0.25, 0.3) is 0 Å². The fourth-order valence-corrected chi connectivity index (χ4v) is 0.939. The molecule has 0 radical (unpaired) electrons. The van der Waals surface area contributed by atoms with Crippen LogP contribution >= 0.6 is 0 Å². The van der Waals surface area contributed by atoms with E-state index in [0.29, 0.717) is 6.10 Å². The standard InChI is InChI=1S/C5H11NO/c1-7-5-2-3-6-4-5/h5-6H,2-4H2,1H3/p+1/t5-/m1/s1. The van der Waals surface area contributed by atoms with Gasteiger partial charge in [0.15, 0.2) is 0 Å². The third-order valence-corrected chi connectivity index (χ3v) is 1.46. The van der Waals surface area contributed by atoms with Crippen molar-refractivity contribution in [1.82, 2.24) is 0 Å². The second-order valence-electron chi connectivity index (χ2n) is 1.96. The van der Waals surface area contributed by atoms with E-state index in [0.717, 1.165) is 6.54 Å². The lowest BCUT2D eigenvalue weighted by Gasteiger charge is -1.98. The first kappa shape index (κ1) is 5.06. The number of quaternary nitrogens is 1. The van der Waals surface area contributed by atoms with Crippen LogP contribution in [0, 0.1) is 0 Å². The van der Waals surface area contributed by atoms with E-state index in [1.54, 1.807) is 7.11 Å². The fraction of sp³-hybridized carbons (Fsp3) is 1.00. The number of hydrogen-bond donors (Lipinski definition) is 1. The molecular formula is C5H12NO+. The largest absolute Gasteiger partial charge is 0.375 e. The maximum Gasteiger partial charge on any atom is 0.111 e. The molecule has 0 aromatic rings. The van der Waals surface area contributed by atoms with Crippen molar-refractivity contribution in [1.29, 1.82) is 0 Å². The first-order chi connectivity index (χ1) is 3.43. The van der Waals surface area contributed by atoms with Crippen LogP contribution in [0.4, 0.5) is 0 Å². The summed E-state index contributed by atoms with van der Waals surface area (Å²) in [6.45, 7) is 2.41. The van der Waals surface area contributed by atoms with Crippen LogP contribution in [0.2, 0.25) is 0 Å². The molecule has 2 nitrogen and oxygen atoms in total. The minimum atomic E-state index is 0.542. The van der Waals surface area contributed by atoms with Gasteiger partial charge in [-0.05, 0) is 0 Å². The van der Waals surface area contributed by atoms with E-state index >= 15 is 0 Å². The van der Waals surface area contributed by atoms with E-state index < -0.39 is 0 Å². The second-order valence-corrected chi connectivity index (χ2v) is 1.96. The first-order valence-electron chi connectivity index (χ1n) is 2.78. The third kappa shape index (κ3) is 1.14. The Labute approximate surface area is 43.9 Å². The second kappa shape index (κ2) is 2.28. The summed E-state index contributed by atoms with van der Waals surface area (Å²) in [5.74, 6) is 0. The van der Waals surface area contributed by atoms with Gasteiger partial charge in [-0.2, -0.15) is 0 Å². The van der Waals surface area contributed by atoms with Gasteiger partial charge in [-0.15, -0.1) is 0 Å². The van der Waals surface area contributed by atoms with E-state index in [2.05, 4.69) is 5.32 Å². The smallest absolute Gasteiger partial charge is 0.111 e. The molecule has 1 saturated heterocycles. The summed E-state index contributed by atoms with van der Waals surface area (Å²) in [4.78, 5) is 0. The van der Waals surface area contributed by atoms with E-state index in [1.807, 2.05) is 0 Å². The van der Waals surface area contributed by atoms with Crippen LogP contribution < -0.4 is 5.32 Å². The minimum Gasteiger partial charge on any atom is -0.375 e. The van der Waals surface area contributed by atoms with Crippen molar-refractivity contribution in [2.24, 2.45) is 0 Å². The van der Waals surface area contributed by atoms with Crippen molar-refractivity contribution in [2.75, 3.05) is 20.2 Å². The van der Waals surface area contributed by atoms with Crippen molar-refractivity contribution in [2.45, 2.75) is 12.5 Å². The van der Waals surface area contributed by atoms with Gasteiger partial charge in [0, 0.05) is 13.5 Å². The Balaban J connectivity index is 2.14. The highest BCUT2D eigenvalue weighted by molar-refractivity contribution is 4.56. The van der Waals surface area contributed by atoms with Crippen molar-refractivity contribution < 1.29 is 10.1 Å². The van der Waals surface area contributed by atoms with Gasteiger partial charge in [0.1, 0.15) is 12.6 Å². The Hall–Kier alpha value is -0.0800. The molecule has 0 unspecified atom stereocenters. The SMILES string of the molecule is CO[C@@H]1CC[NH2+]C1. The van der Waals surface area contributed by atoms with Gasteiger partial charge in [-0.3, -0.25) is 0 Å². The van der Waals surface area contributed by atoms with E-state index in [4.69, 9.17) is 4.74 Å². The molecule has 0 aromatic carbocycles. The summed E-state index contributed by atoms with van der Waals surface area (Å²) in [5, 5.41) is 2.29. The Bertz CT molecular complexity index is 50.0. The summed E-state index contributed by atoms with van der Waals surface area (Å²) in [7, 11) is 1.78. The van der Waals surface area contributed by atoms with Crippen molar-refractivity contribution >= 4 is 0 Å². The molecule has 0 aliphatic carbocycles. The normalized spacial score (nSPS) is 31.3. The molecule has 42 valence electrons. The molecule has 0 saturated carbocycles.